The Kier molecular flexibility index (Phi) is 14.7. The molecule has 0 fully saturated rings. The second-order valence-electron chi connectivity index (χ2n) is 4.87. The number of carboxylic acids is 1. The van der Waals surface area contributed by atoms with Crippen LogP contribution in [0.2, 0.25) is 0 Å². The highest BCUT2D eigenvalue weighted by atomic mass is 80.0. The Labute approximate surface area is 189 Å². The van der Waals surface area contributed by atoms with Crippen molar-refractivity contribution in [3.05, 3.63) is 59.7 Å². The Morgan fingerprint density at radius 2 is 1.29 bits per heavy atom. The summed E-state index contributed by atoms with van der Waals surface area (Å²) in [5.74, 6) is 0.456. The lowest BCUT2D eigenvalue weighted by molar-refractivity contribution is -0.148. The number of carbonyl (C=O) groups is 2. The van der Waals surface area contributed by atoms with Crippen LogP contribution >= 0.6 is 47.8 Å². The molecular weight excluding hydrogens is 564 g/mol. The molecule has 1 N–H and O–H groups in total. The monoisotopic (exact) mass is 582 g/mol. The van der Waals surface area contributed by atoms with E-state index in [1.807, 2.05) is 0 Å². The molecule has 1 atom stereocenters. The summed E-state index contributed by atoms with van der Waals surface area (Å²) in [7, 11) is 4.51. The predicted molar refractivity (Wildman–Crippen MR) is 119 cm³/mol. The van der Waals surface area contributed by atoms with Gasteiger partial charge in [0, 0.05) is 12.7 Å². The average Bonchev–Trinajstić information content (AvgIpc) is 2.69. The van der Waals surface area contributed by atoms with E-state index >= 15 is 0 Å². The fraction of sp³-hybridized carbons (Fsp3) is 0.263. The number of hydrogen-bond donors (Lipinski definition) is 1. The fourth-order valence-corrected chi connectivity index (χ4v) is 1.84. The van der Waals surface area contributed by atoms with Gasteiger partial charge in [-0.25, -0.2) is 4.79 Å². The molecule has 2 rings (SSSR count). The Balaban J connectivity index is 0.000000454. The van der Waals surface area contributed by atoms with Crippen LogP contribution in [-0.2, 0) is 9.53 Å². The standard InChI is InChI=1S/C10H12O4.C8H8O2.CHBr3/c1-13-8-5-3-7(4-6-8)9(14-2)10(11)12;1-10-8-4-2-7(6-9)3-5-8;2-1(3)4/h3-6,9H,1-2H3,(H,11,12);2-6H,1H3;1H. The molecule has 0 aromatic heterocycles. The SMILES string of the molecule is BrC(Br)Br.COc1ccc(C(OC)C(=O)O)cc1.COc1ccc(C=O)cc1. The molecule has 0 spiro atoms. The summed E-state index contributed by atoms with van der Waals surface area (Å²) in [6.07, 6.45) is -0.111. The fourth-order valence-electron chi connectivity index (χ4n) is 1.84. The lowest BCUT2D eigenvalue weighted by Gasteiger charge is -2.10. The predicted octanol–water partition coefficient (Wildman–Crippen LogP) is 5.43. The second-order valence-corrected chi connectivity index (χ2v) is 11.3. The van der Waals surface area contributed by atoms with Crippen LogP contribution in [0.15, 0.2) is 48.5 Å². The van der Waals surface area contributed by atoms with Crippen molar-refractivity contribution in [1.82, 2.24) is 0 Å². The zero-order valence-electron chi connectivity index (χ0n) is 15.5. The first-order chi connectivity index (χ1) is 13.3. The minimum atomic E-state index is -1.00. The molecule has 9 heteroatoms. The van der Waals surface area contributed by atoms with E-state index < -0.39 is 12.1 Å². The van der Waals surface area contributed by atoms with E-state index in [2.05, 4.69) is 47.8 Å². The molecule has 0 radical (unpaired) electrons. The van der Waals surface area contributed by atoms with E-state index in [0.29, 0.717) is 16.9 Å². The third-order valence-corrected chi connectivity index (χ3v) is 3.13. The van der Waals surface area contributed by atoms with Crippen LogP contribution in [-0.4, -0.2) is 41.3 Å². The highest BCUT2D eigenvalue weighted by Crippen LogP contribution is 2.20. The van der Waals surface area contributed by atoms with Gasteiger partial charge in [0.25, 0.3) is 0 Å². The van der Waals surface area contributed by atoms with Gasteiger partial charge >= 0.3 is 5.97 Å². The zero-order chi connectivity index (χ0) is 21.5. The highest BCUT2D eigenvalue weighted by molar-refractivity contribution is 9.38. The van der Waals surface area contributed by atoms with Crippen LogP contribution in [0.25, 0.3) is 0 Å². The van der Waals surface area contributed by atoms with E-state index in [-0.39, 0.29) is 2.65 Å². The number of methoxy groups -OCH3 is 3. The van der Waals surface area contributed by atoms with Gasteiger partial charge in [-0.15, -0.1) is 0 Å². The van der Waals surface area contributed by atoms with Crippen LogP contribution in [0.4, 0.5) is 0 Å². The topological polar surface area (TPSA) is 82.1 Å². The third kappa shape index (κ3) is 11.4. The van der Waals surface area contributed by atoms with E-state index in [1.54, 1.807) is 62.8 Å². The Morgan fingerprint density at radius 3 is 1.57 bits per heavy atom. The number of rotatable bonds is 6. The summed E-state index contributed by atoms with van der Waals surface area (Å²) < 4.78 is 15.0. The molecule has 0 heterocycles. The number of aldehydes is 1. The van der Waals surface area contributed by atoms with E-state index in [9.17, 15) is 9.59 Å². The molecule has 28 heavy (non-hydrogen) atoms. The lowest BCUT2D eigenvalue weighted by atomic mass is 10.1. The lowest BCUT2D eigenvalue weighted by Crippen LogP contribution is -2.13. The first kappa shape index (κ1) is 26.6. The largest absolute Gasteiger partial charge is 0.497 e. The number of aliphatic carboxylic acids is 1. The van der Waals surface area contributed by atoms with Crippen LogP contribution in [0.1, 0.15) is 22.0 Å². The normalized spacial score (nSPS) is 10.5. The van der Waals surface area contributed by atoms with Gasteiger partial charge in [0.1, 0.15) is 20.4 Å². The van der Waals surface area contributed by atoms with Gasteiger partial charge < -0.3 is 19.3 Å². The van der Waals surface area contributed by atoms with Crippen molar-refractivity contribution in [3.8, 4) is 11.5 Å². The molecule has 0 aliphatic rings. The Bertz CT molecular complexity index is 687. The molecular formula is C19H21Br3O6. The molecule has 0 bridgehead atoms. The quantitative estimate of drug-likeness (QED) is 0.360. The van der Waals surface area contributed by atoms with Crippen molar-refractivity contribution < 1.29 is 28.9 Å². The van der Waals surface area contributed by atoms with Gasteiger partial charge in [-0.3, -0.25) is 4.79 Å². The molecule has 0 saturated heterocycles. The maximum atomic E-state index is 10.7. The molecule has 2 aromatic carbocycles. The number of halogens is 3. The molecule has 0 saturated carbocycles. The van der Waals surface area contributed by atoms with Gasteiger partial charge in [0.2, 0.25) is 0 Å². The maximum Gasteiger partial charge on any atom is 0.337 e. The van der Waals surface area contributed by atoms with Gasteiger partial charge in [-0.2, -0.15) is 0 Å². The van der Waals surface area contributed by atoms with Gasteiger partial charge in [-0.1, -0.05) is 59.9 Å². The first-order valence-corrected chi connectivity index (χ1v) is 10.4. The first-order valence-electron chi connectivity index (χ1n) is 7.70. The molecule has 6 nitrogen and oxygen atoms in total. The molecule has 1 unspecified atom stereocenters. The van der Waals surface area contributed by atoms with Crippen molar-refractivity contribution in [3.63, 3.8) is 0 Å². The van der Waals surface area contributed by atoms with Crippen LogP contribution < -0.4 is 9.47 Å². The number of carboxylic acid groups (broad SMARTS) is 1. The van der Waals surface area contributed by atoms with E-state index in [1.165, 1.54) is 7.11 Å². The van der Waals surface area contributed by atoms with Crippen molar-refractivity contribution in [2.45, 2.75) is 8.75 Å². The van der Waals surface area contributed by atoms with Crippen molar-refractivity contribution >= 4 is 60.0 Å². The summed E-state index contributed by atoms with van der Waals surface area (Å²) in [6.45, 7) is 0. The van der Waals surface area contributed by atoms with Gasteiger partial charge in [-0.05, 0) is 42.0 Å². The molecule has 0 aliphatic heterocycles. The molecule has 0 amide bonds. The highest BCUT2D eigenvalue weighted by Gasteiger charge is 2.18. The van der Waals surface area contributed by atoms with Crippen LogP contribution in [0, 0.1) is 0 Å². The van der Waals surface area contributed by atoms with E-state index in [4.69, 9.17) is 19.3 Å². The smallest absolute Gasteiger partial charge is 0.337 e. The van der Waals surface area contributed by atoms with Gasteiger partial charge in [0.15, 0.2) is 6.10 Å². The number of ether oxygens (including phenoxy) is 3. The third-order valence-electron chi connectivity index (χ3n) is 3.13. The van der Waals surface area contributed by atoms with Crippen molar-refractivity contribution in [1.29, 1.82) is 0 Å². The minimum absolute atomic E-state index is 0.271. The minimum Gasteiger partial charge on any atom is -0.497 e. The van der Waals surface area contributed by atoms with Gasteiger partial charge in [0.05, 0.1) is 14.2 Å². The average molecular weight is 585 g/mol. The summed E-state index contributed by atoms with van der Waals surface area (Å²) in [5, 5.41) is 8.80. The van der Waals surface area contributed by atoms with Crippen LogP contribution in [0.5, 0.6) is 11.5 Å². The summed E-state index contributed by atoms with van der Waals surface area (Å²) in [5.41, 5.74) is 1.27. The van der Waals surface area contributed by atoms with Crippen molar-refractivity contribution in [2.24, 2.45) is 0 Å². The van der Waals surface area contributed by atoms with E-state index in [0.717, 1.165) is 12.0 Å². The number of carbonyl (C=O) groups excluding carboxylic acids is 1. The van der Waals surface area contributed by atoms with Crippen LogP contribution in [0.3, 0.4) is 0 Å². The number of alkyl halides is 3. The maximum absolute atomic E-state index is 10.7. The molecule has 2 aromatic rings. The summed E-state index contributed by atoms with van der Waals surface area (Å²) in [6, 6.07) is 13.7. The number of benzene rings is 2. The molecule has 0 aliphatic carbocycles. The Hall–Kier alpha value is -1.42. The Morgan fingerprint density at radius 1 is 0.893 bits per heavy atom. The summed E-state index contributed by atoms with van der Waals surface area (Å²) >= 11 is 9.31. The molecule has 154 valence electrons. The second kappa shape index (κ2) is 15.5. The van der Waals surface area contributed by atoms with Crippen molar-refractivity contribution in [2.75, 3.05) is 21.3 Å². The summed E-state index contributed by atoms with van der Waals surface area (Å²) in [4.78, 5) is 20.9. The number of hydrogen-bond acceptors (Lipinski definition) is 5. The zero-order valence-corrected chi connectivity index (χ0v) is 20.2.